The average molecular weight is 443 g/mol. The smallest absolute Gasteiger partial charge is 0.293 e. The van der Waals surface area contributed by atoms with Gasteiger partial charge in [0.2, 0.25) is 5.89 Å². The molecule has 2 aromatic carbocycles. The number of nitro benzene ring substituents is 1. The summed E-state index contributed by atoms with van der Waals surface area (Å²) in [6.45, 7) is 1.88. The number of pyridine rings is 1. The predicted octanol–water partition coefficient (Wildman–Crippen LogP) is 4.33. The highest BCUT2D eigenvalue weighted by molar-refractivity contribution is 5.95. The van der Waals surface area contributed by atoms with Crippen LogP contribution in [-0.4, -0.2) is 33.9 Å². The van der Waals surface area contributed by atoms with Crippen molar-refractivity contribution in [1.29, 1.82) is 0 Å². The lowest BCUT2D eigenvalue weighted by molar-refractivity contribution is -0.384. The van der Waals surface area contributed by atoms with Gasteiger partial charge in [-0.1, -0.05) is 12.1 Å². The molecule has 5 rings (SSSR count). The van der Waals surface area contributed by atoms with E-state index in [-0.39, 0.29) is 23.7 Å². The third-order valence-electron chi connectivity index (χ3n) is 5.70. The molecule has 0 bridgehead atoms. The molecule has 0 saturated carbocycles. The molecular weight excluding hydrogens is 422 g/mol. The van der Waals surface area contributed by atoms with E-state index in [0.29, 0.717) is 22.8 Å². The standard InChI is InChI=1S/C24H21N5O4/c30-23(18-9-10-19(20(14-18)29(31)32)28-12-1-2-13-28)26-15-16-5-7-17(8-6-16)24-27-22-21(33-24)4-3-11-25-22/h3-11,14H,1-2,12-13,15H2,(H,26,30). The lowest BCUT2D eigenvalue weighted by Gasteiger charge is -2.17. The second kappa shape index (κ2) is 8.70. The first-order valence-electron chi connectivity index (χ1n) is 10.7. The van der Waals surface area contributed by atoms with Gasteiger partial charge in [0.25, 0.3) is 11.6 Å². The summed E-state index contributed by atoms with van der Waals surface area (Å²) in [5.41, 5.74) is 3.64. The first kappa shape index (κ1) is 20.6. The van der Waals surface area contributed by atoms with Crippen LogP contribution in [0.1, 0.15) is 28.8 Å². The molecule has 3 heterocycles. The van der Waals surface area contributed by atoms with E-state index in [4.69, 9.17) is 4.42 Å². The van der Waals surface area contributed by atoms with Crippen LogP contribution in [0, 0.1) is 10.1 Å². The average Bonchev–Trinajstić information content (AvgIpc) is 3.52. The maximum atomic E-state index is 12.6. The Bertz CT molecular complexity index is 1290. The summed E-state index contributed by atoms with van der Waals surface area (Å²) in [7, 11) is 0. The number of carbonyl (C=O) groups excluding carboxylic acids is 1. The van der Waals surface area contributed by atoms with Crippen molar-refractivity contribution in [2.75, 3.05) is 18.0 Å². The van der Waals surface area contributed by atoms with E-state index in [0.717, 1.165) is 37.1 Å². The highest BCUT2D eigenvalue weighted by Gasteiger charge is 2.23. The third-order valence-corrected chi connectivity index (χ3v) is 5.70. The fraction of sp³-hybridized carbons (Fsp3) is 0.208. The van der Waals surface area contributed by atoms with Crippen molar-refractivity contribution in [2.45, 2.75) is 19.4 Å². The maximum absolute atomic E-state index is 12.6. The molecule has 4 aromatic rings. The highest BCUT2D eigenvalue weighted by atomic mass is 16.6. The summed E-state index contributed by atoms with van der Waals surface area (Å²) in [5, 5.41) is 14.4. The molecule has 1 aliphatic heterocycles. The molecule has 1 aliphatic rings. The predicted molar refractivity (Wildman–Crippen MR) is 123 cm³/mol. The topological polar surface area (TPSA) is 114 Å². The van der Waals surface area contributed by atoms with Crippen molar-refractivity contribution >= 4 is 28.5 Å². The number of aromatic nitrogens is 2. The Morgan fingerprint density at radius 3 is 2.64 bits per heavy atom. The van der Waals surface area contributed by atoms with Gasteiger partial charge in [0.05, 0.1) is 4.92 Å². The van der Waals surface area contributed by atoms with Crippen molar-refractivity contribution < 1.29 is 14.1 Å². The van der Waals surface area contributed by atoms with Gasteiger partial charge >= 0.3 is 0 Å². The Balaban J connectivity index is 1.27. The SMILES string of the molecule is O=C(NCc1ccc(-c2nc3ncccc3o2)cc1)c1ccc(N2CCCC2)c([N+](=O)[O-])c1. The first-order valence-corrected chi connectivity index (χ1v) is 10.7. The third kappa shape index (κ3) is 4.25. The van der Waals surface area contributed by atoms with Crippen molar-refractivity contribution in [3.8, 4) is 11.5 Å². The number of rotatable bonds is 6. The quantitative estimate of drug-likeness (QED) is 0.348. The van der Waals surface area contributed by atoms with Crippen molar-refractivity contribution in [1.82, 2.24) is 15.3 Å². The number of hydrogen-bond acceptors (Lipinski definition) is 7. The number of nitrogens with one attached hydrogen (secondary N) is 1. The Kier molecular flexibility index (Phi) is 5.43. The Morgan fingerprint density at radius 1 is 1.12 bits per heavy atom. The molecule has 1 amide bonds. The van der Waals surface area contributed by atoms with Crippen LogP contribution in [0.5, 0.6) is 0 Å². The summed E-state index contributed by atoms with van der Waals surface area (Å²) in [4.78, 5) is 34.3. The van der Waals surface area contributed by atoms with E-state index in [1.807, 2.05) is 35.2 Å². The van der Waals surface area contributed by atoms with Gasteiger partial charge in [-0.05, 0) is 54.8 Å². The lowest BCUT2D eigenvalue weighted by Crippen LogP contribution is -2.23. The maximum Gasteiger partial charge on any atom is 0.293 e. The van der Waals surface area contributed by atoms with Crippen LogP contribution in [0.15, 0.2) is 65.2 Å². The second-order valence-corrected chi connectivity index (χ2v) is 7.88. The summed E-state index contributed by atoms with van der Waals surface area (Å²) in [6, 6.07) is 15.7. The van der Waals surface area contributed by atoms with Crippen LogP contribution in [0.4, 0.5) is 11.4 Å². The second-order valence-electron chi connectivity index (χ2n) is 7.88. The largest absolute Gasteiger partial charge is 0.434 e. The number of carbonyl (C=O) groups is 1. The number of oxazole rings is 1. The molecule has 0 spiro atoms. The van der Waals surface area contributed by atoms with Crippen molar-refractivity contribution in [3.63, 3.8) is 0 Å². The molecule has 0 atom stereocenters. The van der Waals surface area contributed by atoms with Gasteiger partial charge in [0.1, 0.15) is 5.69 Å². The Labute approximate surface area is 189 Å². The van der Waals surface area contributed by atoms with Crippen molar-refractivity contribution in [3.05, 3.63) is 82.0 Å². The zero-order valence-electron chi connectivity index (χ0n) is 17.7. The zero-order chi connectivity index (χ0) is 22.8. The number of nitrogens with zero attached hydrogens (tertiary/aromatic N) is 4. The lowest BCUT2D eigenvalue weighted by atomic mass is 10.1. The molecule has 2 aromatic heterocycles. The van der Waals surface area contributed by atoms with Gasteiger partial charge in [-0.2, -0.15) is 4.98 Å². The van der Waals surface area contributed by atoms with E-state index in [1.165, 1.54) is 6.07 Å². The molecule has 9 heteroatoms. The monoisotopic (exact) mass is 443 g/mol. The minimum Gasteiger partial charge on any atom is -0.434 e. The molecule has 1 N–H and O–H groups in total. The first-order chi connectivity index (χ1) is 16.1. The van der Waals surface area contributed by atoms with Gasteiger partial charge in [-0.25, -0.2) is 4.98 Å². The number of hydrogen-bond donors (Lipinski definition) is 1. The van der Waals surface area contributed by atoms with Gasteiger partial charge < -0.3 is 14.6 Å². The van der Waals surface area contributed by atoms with Gasteiger partial charge in [0, 0.05) is 43.0 Å². The van der Waals surface area contributed by atoms with Crippen LogP contribution in [-0.2, 0) is 6.54 Å². The number of amides is 1. The fourth-order valence-corrected chi connectivity index (χ4v) is 3.98. The fourth-order valence-electron chi connectivity index (χ4n) is 3.98. The minimum absolute atomic E-state index is 0.0401. The van der Waals surface area contributed by atoms with Crippen LogP contribution >= 0.6 is 0 Å². The molecule has 0 unspecified atom stereocenters. The van der Waals surface area contributed by atoms with Crippen LogP contribution in [0.3, 0.4) is 0 Å². The molecule has 1 saturated heterocycles. The van der Waals surface area contributed by atoms with Gasteiger partial charge in [0.15, 0.2) is 11.2 Å². The van der Waals surface area contributed by atoms with E-state index in [1.54, 1.807) is 24.4 Å². The molecule has 1 fully saturated rings. The molecule has 0 aliphatic carbocycles. The summed E-state index contributed by atoms with van der Waals surface area (Å²) >= 11 is 0. The Morgan fingerprint density at radius 2 is 1.91 bits per heavy atom. The Hall–Kier alpha value is -4.27. The highest BCUT2D eigenvalue weighted by Crippen LogP contribution is 2.31. The van der Waals surface area contributed by atoms with E-state index in [9.17, 15) is 14.9 Å². The molecule has 166 valence electrons. The zero-order valence-corrected chi connectivity index (χ0v) is 17.7. The van der Waals surface area contributed by atoms with Gasteiger partial charge in [-0.3, -0.25) is 14.9 Å². The van der Waals surface area contributed by atoms with Crippen molar-refractivity contribution in [2.24, 2.45) is 0 Å². The number of nitro groups is 1. The summed E-state index contributed by atoms with van der Waals surface area (Å²) in [6.07, 6.45) is 3.69. The minimum atomic E-state index is -0.426. The number of fused-ring (bicyclic) bond motifs is 1. The summed E-state index contributed by atoms with van der Waals surface area (Å²) in [5.74, 6) is 0.116. The van der Waals surface area contributed by atoms with E-state index >= 15 is 0 Å². The molecular formula is C24H21N5O4. The molecule has 33 heavy (non-hydrogen) atoms. The van der Waals surface area contributed by atoms with Crippen LogP contribution in [0.2, 0.25) is 0 Å². The summed E-state index contributed by atoms with van der Waals surface area (Å²) < 4.78 is 5.73. The normalized spacial score (nSPS) is 13.4. The van der Waals surface area contributed by atoms with Crippen LogP contribution < -0.4 is 10.2 Å². The van der Waals surface area contributed by atoms with Gasteiger partial charge in [-0.15, -0.1) is 0 Å². The van der Waals surface area contributed by atoms with Crippen LogP contribution in [0.25, 0.3) is 22.7 Å². The molecule has 9 nitrogen and oxygen atoms in total. The van der Waals surface area contributed by atoms with E-state index in [2.05, 4.69) is 15.3 Å². The molecule has 0 radical (unpaired) electrons. The number of benzene rings is 2. The van der Waals surface area contributed by atoms with E-state index < -0.39 is 4.92 Å². The number of anilines is 1.